The van der Waals surface area contributed by atoms with Crippen LogP contribution in [0.1, 0.15) is 16.7 Å². The molecular weight excluding hydrogens is 382 g/mol. The van der Waals surface area contributed by atoms with Crippen LogP contribution in [0, 0.1) is 24.0 Å². The van der Waals surface area contributed by atoms with Gasteiger partial charge in [0.1, 0.15) is 0 Å². The summed E-state index contributed by atoms with van der Waals surface area (Å²) < 4.78 is 27.2. The van der Waals surface area contributed by atoms with E-state index < -0.39 is 20.9 Å². The summed E-state index contributed by atoms with van der Waals surface area (Å²) in [5.41, 5.74) is 1.93. The predicted molar refractivity (Wildman–Crippen MR) is 106 cm³/mol. The summed E-state index contributed by atoms with van der Waals surface area (Å²) in [4.78, 5) is 22.3. The molecule has 2 rings (SSSR count). The van der Waals surface area contributed by atoms with Crippen molar-refractivity contribution in [2.45, 2.75) is 18.7 Å². The van der Waals surface area contributed by atoms with Crippen molar-refractivity contribution in [3.63, 3.8) is 0 Å². The predicted octanol–water partition coefficient (Wildman–Crippen LogP) is 2.32. The van der Waals surface area contributed by atoms with E-state index in [-0.39, 0.29) is 23.7 Å². The van der Waals surface area contributed by atoms with Gasteiger partial charge in [0.05, 0.1) is 9.82 Å². The number of rotatable bonds is 8. The van der Waals surface area contributed by atoms with Crippen molar-refractivity contribution in [2.75, 3.05) is 13.1 Å². The summed E-state index contributed by atoms with van der Waals surface area (Å²) in [6, 6.07) is 11.0. The van der Waals surface area contributed by atoms with Crippen LogP contribution in [0.25, 0.3) is 6.08 Å². The second-order valence-corrected chi connectivity index (χ2v) is 7.88. The zero-order chi connectivity index (χ0) is 20.7. The molecule has 1 amide bonds. The molecule has 0 spiro atoms. The number of nitro groups is 1. The number of amides is 1. The number of hydrogen-bond donors (Lipinski definition) is 2. The Morgan fingerprint density at radius 1 is 1.14 bits per heavy atom. The Bertz CT molecular complexity index is 1020. The molecule has 0 aliphatic heterocycles. The Balaban J connectivity index is 1.86. The SMILES string of the molecule is Cc1ccc(C)c(S(=O)(=O)NCCNC(=O)/C=C/c2cccc([N+](=O)[O-])c2)c1. The van der Waals surface area contributed by atoms with Gasteiger partial charge in [0.2, 0.25) is 15.9 Å². The van der Waals surface area contributed by atoms with E-state index in [1.807, 2.05) is 13.0 Å². The molecule has 0 aromatic heterocycles. The largest absolute Gasteiger partial charge is 0.351 e. The Hall–Kier alpha value is -3.04. The number of nitro benzene ring substituents is 1. The molecule has 2 aromatic carbocycles. The van der Waals surface area contributed by atoms with Crippen LogP contribution < -0.4 is 10.0 Å². The third-order valence-corrected chi connectivity index (χ3v) is 5.46. The molecule has 8 nitrogen and oxygen atoms in total. The fourth-order valence-corrected chi connectivity index (χ4v) is 3.78. The standard InChI is InChI=1S/C19H21N3O5S/c1-14-6-7-15(2)18(12-14)28(26,27)21-11-10-20-19(23)9-8-16-4-3-5-17(13-16)22(24)25/h3-9,12-13,21H,10-11H2,1-2H3,(H,20,23)/b9-8+. The number of carbonyl (C=O) groups excluding carboxylic acids is 1. The number of non-ortho nitro benzene ring substituents is 1. The van der Waals surface area contributed by atoms with Crippen molar-refractivity contribution in [2.24, 2.45) is 0 Å². The topological polar surface area (TPSA) is 118 Å². The maximum atomic E-state index is 12.4. The van der Waals surface area contributed by atoms with Crippen LogP contribution in [0.15, 0.2) is 53.4 Å². The molecule has 0 aliphatic rings. The molecule has 0 atom stereocenters. The van der Waals surface area contributed by atoms with Crippen LogP contribution in [-0.4, -0.2) is 32.3 Å². The van der Waals surface area contributed by atoms with Crippen LogP contribution >= 0.6 is 0 Å². The van der Waals surface area contributed by atoms with Crippen LogP contribution in [0.2, 0.25) is 0 Å². The van der Waals surface area contributed by atoms with Crippen LogP contribution in [0.4, 0.5) is 5.69 Å². The third-order valence-electron chi connectivity index (χ3n) is 3.86. The number of hydrogen-bond acceptors (Lipinski definition) is 5. The highest BCUT2D eigenvalue weighted by atomic mass is 32.2. The first-order chi connectivity index (χ1) is 13.2. The van der Waals surface area contributed by atoms with Crippen molar-refractivity contribution >= 4 is 27.7 Å². The summed E-state index contributed by atoms with van der Waals surface area (Å²) in [5.74, 6) is -0.433. The van der Waals surface area contributed by atoms with Crippen molar-refractivity contribution in [3.8, 4) is 0 Å². The molecule has 2 N–H and O–H groups in total. The maximum absolute atomic E-state index is 12.4. The number of carbonyl (C=O) groups is 1. The van der Waals surface area contributed by atoms with E-state index in [0.29, 0.717) is 11.1 Å². The van der Waals surface area contributed by atoms with Crippen LogP contribution in [0.5, 0.6) is 0 Å². The lowest BCUT2D eigenvalue weighted by atomic mass is 10.2. The second-order valence-electron chi connectivity index (χ2n) is 6.14. The smallest absolute Gasteiger partial charge is 0.270 e. The molecule has 0 radical (unpaired) electrons. The fraction of sp³-hybridized carbons (Fsp3) is 0.211. The van der Waals surface area contributed by atoms with Gasteiger partial charge in [0.25, 0.3) is 5.69 Å². The second kappa shape index (κ2) is 9.25. The molecule has 148 valence electrons. The summed E-state index contributed by atoms with van der Waals surface area (Å²) in [5, 5.41) is 13.3. The molecule has 0 aliphatic carbocycles. The van der Waals surface area contributed by atoms with E-state index in [9.17, 15) is 23.3 Å². The number of sulfonamides is 1. The number of nitrogens with zero attached hydrogens (tertiary/aromatic N) is 1. The first-order valence-electron chi connectivity index (χ1n) is 8.46. The minimum atomic E-state index is -3.66. The zero-order valence-electron chi connectivity index (χ0n) is 15.5. The van der Waals surface area contributed by atoms with Gasteiger partial charge < -0.3 is 5.32 Å². The van der Waals surface area contributed by atoms with E-state index in [1.54, 1.807) is 25.1 Å². The van der Waals surface area contributed by atoms with Gasteiger partial charge in [-0.25, -0.2) is 13.1 Å². The molecule has 0 saturated heterocycles. The fourth-order valence-electron chi connectivity index (χ4n) is 2.42. The summed E-state index contributed by atoms with van der Waals surface area (Å²) in [6.07, 6.45) is 2.68. The highest BCUT2D eigenvalue weighted by Gasteiger charge is 2.16. The highest BCUT2D eigenvalue weighted by Crippen LogP contribution is 2.16. The maximum Gasteiger partial charge on any atom is 0.270 e. The average molecular weight is 403 g/mol. The number of aryl methyl sites for hydroxylation is 2. The number of nitrogens with one attached hydrogen (secondary N) is 2. The molecule has 28 heavy (non-hydrogen) atoms. The van der Waals surface area contributed by atoms with Crippen LogP contribution in [0.3, 0.4) is 0 Å². The van der Waals surface area contributed by atoms with Gasteiger partial charge in [-0.15, -0.1) is 0 Å². The van der Waals surface area contributed by atoms with Crippen LogP contribution in [-0.2, 0) is 14.8 Å². The summed E-state index contributed by atoms with van der Waals surface area (Å²) >= 11 is 0. The van der Waals surface area contributed by atoms with E-state index in [1.165, 1.54) is 30.4 Å². The first kappa shape index (κ1) is 21.3. The molecule has 0 bridgehead atoms. The lowest BCUT2D eigenvalue weighted by Gasteiger charge is -2.10. The Morgan fingerprint density at radius 3 is 2.61 bits per heavy atom. The van der Waals surface area contributed by atoms with Gasteiger partial charge in [-0.3, -0.25) is 14.9 Å². The zero-order valence-corrected chi connectivity index (χ0v) is 16.3. The minimum Gasteiger partial charge on any atom is -0.351 e. The quantitative estimate of drug-likeness (QED) is 0.303. The van der Waals surface area contributed by atoms with Gasteiger partial charge in [0.15, 0.2) is 0 Å². The summed E-state index contributed by atoms with van der Waals surface area (Å²) in [6.45, 7) is 3.66. The third kappa shape index (κ3) is 6.00. The van der Waals surface area contributed by atoms with Crippen molar-refractivity contribution < 1.29 is 18.1 Å². The molecule has 0 unspecified atom stereocenters. The van der Waals surface area contributed by atoms with Gasteiger partial charge in [-0.05, 0) is 42.7 Å². The molecule has 0 saturated carbocycles. The minimum absolute atomic E-state index is 0.0338. The first-order valence-corrected chi connectivity index (χ1v) is 9.94. The van der Waals surface area contributed by atoms with Gasteiger partial charge in [0, 0.05) is 31.3 Å². The lowest BCUT2D eigenvalue weighted by Crippen LogP contribution is -2.34. The van der Waals surface area contributed by atoms with Crippen molar-refractivity contribution in [1.82, 2.24) is 10.0 Å². The lowest BCUT2D eigenvalue weighted by molar-refractivity contribution is -0.384. The highest BCUT2D eigenvalue weighted by molar-refractivity contribution is 7.89. The molecule has 2 aromatic rings. The van der Waals surface area contributed by atoms with Gasteiger partial charge >= 0.3 is 0 Å². The molecule has 0 heterocycles. The van der Waals surface area contributed by atoms with Gasteiger partial charge in [-0.2, -0.15) is 0 Å². The average Bonchev–Trinajstić information content (AvgIpc) is 2.65. The van der Waals surface area contributed by atoms with E-state index in [4.69, 9.17) is 0 Å². The Morgan fingerprint density at radius 2 is 1.89 bits per heavy atom. The van der Waals surface area contributed by atoms with Crippen molar-refractivity contribution in [1.29, 1.82) is 0 Å². The Kier molecular flexibility index (Phi) is 7.02. The monoisotopic (exact) mass is 403 g/mol. The molecule has 9 heteroatoms. The summed E-state index contributed by atoms with van der Waals surface area (Å²) in [7, 11) is -3.66. The van der Waals surface area contributed by atoms with E-state index >= 15 is 0 Å². The van der Waals surface area contributed by atoms with E-state index in [0.717, 1.165) is 5.56 Å². The van der Waals surface area contributed by atoms with Gasteiger partial charge in [-0.1, -0.05) is 24.3 Å². The molecule has 0 fully saturated rings. The normalized spacial score (nSPS) is 11.5. The van der Waals surface area contributed by atoms with E-state index in [2.05, 4.69) is 10.0 Å². The molecular formula is C19H21N3O5S. The number of benzene rings is 2. The Labute approximate surface area is 163 Å². The van der Waals surface area contributed by atoms with Crippen molar-refractivity contribution in [3.05, 3.63) is 75.3 Å².